The molecule has 1 amide bonds. The van der Waals surface area contributed by atoms with Crippen molar-refractivity contribution in [2.24, 2.45) is 7.05 Å². The van der Waals surface area contributed by atoms with Crippen LogP contribution in [-0.4, -0.2) is 25.9 Å². The SMILES string of the molecule is C[C@@H](Sc1nnc(COc2ccc3ccccc3c2)n1C)C(=O)Nc1ccccc1. The highest BCUT2D eigenvalue weighted by Crippen LogP contribution is 2.24. The lowest BCUT2D eigenvalue weighted by Gasteiger charge is -2.12. The molecule has 0 saturated heterocycles. The average Bonchev–Trinajstić information content (AvgIpc) is 3.12. The summed E-state index contributed by atoms with van der Waals surface area (Å²) in [6.07, 6.45) is 0. The zero-order chi connectivity index (χ0) is 20.9. The highest BCUT2D eigenvalue weighted by molar-refractivity contribution is 8.00. The highest BCUT2D eigenvalue weighted by Gasteiger charge is 2.19. The molecule has 30 heavy (non-hydrogen) atoms. The Morgan fingerprint density at radius 2 is 1.77 bits per heavy atom. The molecule has 7 heteroatoms. The van der Waals surface area contributed by atoms with Crippen LogP contribution in [0.3, 0.4) is 0 Å². The molecule has 1 atom stereocenters. The largest absolute Gasteiger partial charge is 0.486 e. The second-order valence-corrected chi connectivity index (χ2v) is 8.18. The number of aromatic nitrogens is 3. The fourth-order valence-electron chi connectivity index (χ4n) is 2.96. The summed E-state index contributed by atoms with van der Waals surface area (Å²) in [7, 11) is 1.88. The molecule has 1 N–H and O–H groups in total. The van der Waals surface area contributed by atoms with Crippen molar-refractivity contribution in [2.75, 3.05) is 5.32 Å². The second kappa shape index (κ2) is 9.00. The maximum Gasteiger partial charge on any atom is 0.237 e. The summed E-state index contributed by atoms with van der Waals surface area (Å²) in [6.45, 7) is 2.15. The Hall–Kier alpha value is -3.32. The third-order valence-corrected chi connectivity index (χ3v) is 5.84. The van der Waals surface area contributed by atoms with Gasteiger partial charge in [0.1, 0.15) is 12.4 Å². The van der Waals surface area contributed by atoms with Gasteiger partial charge in [-0.05, 0) is 42.0 Å². The van der Waals surface area contributed by atoms with Gasteiger partial charge < -0.3 is 14.6 Å². The smallest absolute Gasteiger partial charge is 0.237 e. The number of anilines is 1. The first-order valence-corrected chi connectivity index (χ1v) is 10.5. The highest BCUT2D eigenvalue weighted by atomic mass is 32.2. The maximum atomic E-state index is 12.4. The number of para-hydroxylation sites is 1. The Balaban J connectivity index is 1.37. The van der Waals surface area contributed by atoms with Crippen LogP contribution >= 0.6 is 11.8 Å². The van der Waals surface area contributed by atoms with Crippen LogP contribution in [0, 0.1) is 0 Å². The van der Waals surface area contributed by atoms with Gasteiger partial charge in [0.2, 0.25) is 5.91 Å². The molecule has 0 radical (unpaired) electrons. The topological polar surface area (TPSA) is 69.0 Å². The first-order valence-electron chi connectivity index (χ1n) is 9.62. The van der Waals surface area contributed by atoms with Crippen LogP contribution in [0.15, 0.2) is 78.0 Å². The van der Waals surface area contributed by atoms with E-state index in [-0.39, 0.29) is 11.2 Å². The molecule has 0 bridgehead atoms. The Morgan fingerprint density at radius 1 is 1.03 bits per heavy atom. The molecule has 4 aromatic rings. The molecule has 6 nitrogen and oxygen atoms in total. The van der Waals surface area contributed by atoms with Gasteiger partial charge in [-0.15, -0.1) is 10.2 Å². The fraction of sp³-hybridized carbons (Fsp3) is 0.174. The van der Waals surface area contributed by atoms with Crippen molar-refractivity contribution >= 4 is 34.1 Å². The Morgan fingerprint density at radius 3 is 2.57 bits per heavy atom. The second-order valence-electron chi connectivity index (χ2n) is 6.87. The number of hydrogen-bond donors (Lipinski definition) is 1. The van der Waals surface area contributed by atoms with E-state index in [1.807, 2.05) is 79.2 Å². The number of nitrogens with zero attached hydrogens (tertiary/aromatic N) is 3. The van der Waals surface area contributed by atoms with E-state index in [4.69, 9.17) is 4.74 Å². The third-order valence-electron chi connectivity index (χ3n) is 4.71. The van der Waals surface area contributed by atoms with E-state index < -0.39 is 0 Å². The van der Waals surface area contributed by atoms with Gasteiger partial charge >= 0.3 is 0 Å². The average molecular weight is 419 g/mol. The van der Waals surface area contributed by atoms with Gasteiger partial charge in [0.15, 0.2) is 11.0 Å². The standard InChI is InChI=1S/C23H22N4O2S/c1-16(22(28)24-19-10-4-3-5-11-19)30-23-26-25-21(27(23)2)15-29-20-13-12-17-8-6-7-9-18(17)14-20/h3-14,16H,15H2,1-2H3,(H,24,28)/t16-/m1/s1. The Bertz CT molecular complexity index is 1160. The van der Waals surface area contributed by atoms with Crippen LogP contribution in [0.5, 0.6) is 5.75 Å². The lowest BCUT2D eigenvalue weighted by atomic mass is 10.1. The normalized spacial score (nSPS) is 11.9. The lowest BCUT2D eigenvalue weighted by Crippen LogP contribution is -2.22. The molecule has 0 aliphatic rings. The van der Waals surface area contributed by atoms with E-state index in [9.17, 15) is 4.79 Å². The zero-order valence-electron chi connectivity index (χ0n) is 16.8. The van der Waals surface area contributed by atoms with Crippen LogP contribution in [0.4, 0.5) is 5.69 Å². The molecule has 0 saturated carbocycles. The Labute approximate surface area is 179 Å². The predicted octanol–water partition coefficient (Wildman–Crippen LogP) is 4.67. The van der Waals surface area contributed by atoms with Crippen LogP contribution in [-0.2, 0) is 18.4 Å². The quantitative estimate of drug-likeness (QED) is 0.442. The van der Waals surface area contributed by atoms with Crippen LogP contribution in [0.2, 0.25) is 0 Å². The van der Waals surface area contributed by atoms with Gasteiger partial charge in [0, 0.05) is 12.7 Å². The van der Waals surface area contributed by atoms with Gasteiger partial charge in [-0.2, -0.15) is 0 Å². The lowest BCUT2D eigenvalue weighted by molar-refractivity contribution is -0.115. The number of rotatable bonds is 7. The van der Waals surface area contributed by atoms with E-state index in [0.29, 0.717) is 17.6 Å². The van der Waals surface area contributed by atoms with E-state index in [2.05, 4.69) is 27.6 Å². The molecule has 4 rings (SSSR count). The number of carbonyl (C=O) groups excluding carboxylic acids is 1. The number of benzene rings is 3. The first-order chi connectivity index (χ1) is 14.6. The molecule has 3 aromatic carbocycles. The summed E-state index contributed by atoms with van der Waals surface area (Å²) in [4.78, 5) is 12.4. The van der Waals surface area contributed by atoms with Gasteiger partial charge in [-0.25, -0.2) is 0 Å². The van der Waals surface area contributed by atoms with Gasteiger partial charge in [-0.1, -0.05) is 60.3 Å². The number of nitrogens with one attached hydrogen (secondary N) is 1. The molecule has 0 aliphatic heterocycles. The summed E-state index contributed by atoms with van der Waals surface area (Å²) < 4.78 is 7.77. The molecule has 0 unspecified atom stereocenters. The molecular formula is C23H22N4O2S. The number of thioether (sulfide) groups is 1. The fourth-order valence-corrected chi connectivity index (χ4v) is 3.79. The number of ether oxygens (including phenoxy) is 1. The number of hydrogen-bond acceptors (Lipinski definition) is 5. The molecule has 0 aliphatic carbocycles. The minimum absolute atomic E-state index is 0.0804. The van der Waals surface area contributed by atoms with Gasteiger partial charge in [-0.3, -0.25) is 4.79 Å². The number of fused-ring (bicyclic) bond motifs is 1. The predicted molar refractivity (Wildman–Crippen MR) is 120 cm³/mol. The third kappa shape index (κ3) is 4.63. The van der Waals surface area contributed by atoms with Crippen molar-refractivity contribution < 1.29 is 9.53 Å². The maximum absolute atomic E-state index is 12.4. The van der Waals surface area contributed by atoms with Gasteiger partial charge in [0.25, 0.3) is 0 Å². The minimum atomic E-state index is -0.317. The van der Waals surface area contributed by atoms with Crippen LogP contribution < -0.4 is 10.1 Å². The van der Waals surface area contributed by atoms with Gasteiger partial charge in [0.05, 0.1) is 5.25 Å². The molecule has 152 valence electrons. The molecule has 1 heterocycles. The molecule has 0 fully saturated rings. The van der Waals surface area contributed by atoms with E-state index in [1.165, 1.54) is 17.1 Å². The molecule has 1 aromatic heterocycles. The molecular weight excluding hydrogens is 396 g/mol. The zero-order valence-corrected chi connectivity index (χ0v) is 17.6. The number of carbonyl (C=O) groups is 1. The van der Waals surface area contributed by atoms with Crippen molar-refractivity contribution in [3.63, 3.8) is 0 Å². The first kappa shape index (κ1) is 20.0. The summed E-state index contributed by atoms with van der Waals surface area (Å²) in [5.41, 5.74) is 0.775. The monoisotopic (exact) mass is 418 g/mol. The van der Waals surface area contributed by atoms with Crippen molar-refractivity contribution in [3.8, 4) is 5.75 Å². The summed E-state index contributed by atoms with van der Waals surface area (Å²) >= 11 is 1.36. The summed E-state index contributed by atoms with van der Waals surface area (Å²) in [6, 6.07) is 23.6. The minimum Gasteiger partial charge on any atom is -0.486 e. The van der Waals surface area contributed by atoms with Crippen molar-refractivity contribution in [2.45, 2.75) is 23.9 Å². The van der Waals surface area contributed by atoms with E-state index in [0.717, 1.165) is 16.8 Å². The van der Waals surface area contributed by atoms with E-state index in [1.54, 1.807) is 0 Å². The van der Waals surface area contributed by atoms with Crippen molar-refractivity contribution in [1.29, 1.82) is 0 Å². The summed E-state index contributed by atoms with van der Waals surface area (Å²) in [5.74, 6) is 1.39. The van der Waals surface area contributed by atoms with Crippen molar-refractivity contribution in [1.82, 2.24) is 14.8 Å². The van der Waals surface area contributed by atoms with Crippen molar-refractivity contribution in [3.05, 3.63) is 78.6 Å². The van der Waals surface area contributed by atoms with E-state index >= 15 is 0 Å². The van der Waals surface area contributed by atoms with Crippen LogP contribution in [0.1, 0.15) is 12.7 Å². The summed E-state index contributed by atoms with van der Waals surface area (Å²) in [5, 5.41) is 14.0. The molecule has 0 spiro atoms. The van der Waals surface area contributed by atoms with Crippen LogP contribution in [0.25, 0.3) is 10.8 Å². The number of amides is 1. The Kier molecular flexibility index (Phi) is 5.99.